The van der Waals surface area contributed by atoms with E-state index in [9.17, 15) is 0 Å². The van der Waals surface area contributed by atoms with Crippen molar-refractivity contribution in [3.8, 4) is 0 Å². The monoisotopic (exact) mass is 275 g/mol. The zero-order chi connectivity index (χ0) is 13.9. The molecular formula is C18H29NO. The number of hydrogen-bond acceptors (Lipinski definition) is 2. The molecule has 2 fully saturated rings. The van der Waals surface area contributed by atoms with Gasteiger partial charge in [0, 0.05) is 12.0 Å². The molecule has 0 amide bonds. The lowest BCUT2D eigenvalue weighted by atomic mass is 9.93. The summed E-state index contributed by atoms with van der Waals surface area (Å²) in [5, 5.41) is 3.69. The molecule has 2 unspecified atom stereocenters. The second-order valence-corrected chi connectivity index (χ2v) is 7.04. The summed E-state index contributed by atoms with van der Waals surface area (Å²) in [6, 6.07) is 4.95. The fraction of sp³-hybridized carbons (Fsp3) is 0.778. The molecular weight excluding hydrogens is 246 g/mol. The molecule has 0 spiro atoms. The van der Waals surface area contributed by atoms with Crippen molar-refractivity contribution in [3.63, 3.8) is 0 Å². The van der Waals surface area contributed by atoms with Crippen molar-refractivity contribution in [2.24, 2.45) is 11.8 Å². The van der Waals surface area contributed by atoms with Crippen molar-refractivity contribution in [1.29, 1.82) is 0 Å². The molecule has 2 aliphatic carbocycles. The molecule has 2 nitrogen and oxygen atoms in total. The van der Waals surface area contributed by atoms with E-state index in [2.05, 4.69) is 31.3 Å². The topological polar surface area (TPSA) is 25.2 Å². The SMILES string of the molecule is CC1CC1c1ccc(CN[C@@H](C)C2CCCCCC2)o1. The third-order valence-corrected chi connectivity index (χ3v) is 5.36. The predicted octanol–water partition coefficient (Wildman–Crippen LogP) is 4.85. The van der Waals surface area contributed by atoms with Gasteiger partial charge >= 0.3 is 0 Å². The van der Waals surface area contributed by atoms with E-state index in [1.54, 1.807) is 0 Å². The summed E-state index contributed by atoms with van der Waals surface area (Å²) in [4.78, 5) is 0. The highest BCUT2D eigenvalue weighted by Gasteiger charge is 2.36. The van der Waals surface area contributed by atoms with Gasteiger partial charge in [0.25, 0.3) is 0 Å². The van der Waals surface area contributed by atoms with Crippen LogP contribution in [0, 0.1) is 11.8 Å². The van der Waals surface area contributed by atoms with E-state index in [1.165, 1.54) is 50.7 Å². The highest BCUT2D eigenvalue weighted by atomic mass is 16.3. The van der Waals surface area contributed by atoms with Crippen LogP contribution in [0.15, 0.2) is 16.5 Å². The molecule has 1 N–H and O–H groups in total. The lowest BCUT2D eigenvalue weighted by molar-refractivity contribution is 0.324. The minimum atomic E-state index is 0.612. The lowest BCUT2D eigenvalue weighted by Crippen LogP contribution is -2.32. The van der Waals surface area contributed by atoms with Gasteiger partial charge in [-0.3, -0.25) is 0 Å². The van der Waals surface area contributed by atoms with E-state index in [0.29, 0.717) is 12.0 Å². The van der Waals surface area contributed by atoms with E-state index in [0.717, 1.165) is 24.1 Å². The fourth-order valence-corrected chi connectivity index (χ4v) is 3.65. The molecule has 0 bridgehead atoms. The molecule has 2 heteroatoms. The summed E-state index contributed by atoms with van der Waals surface area (Å²) in [5.41, 5.74) is 0. The Labute approximate surface area is 123 Å². The first-order chi connectivity index (χ1) is 9.74. The summed E-state index contributed by atoms with van der Waals surface area (Å²) >= 11 is 0. The Hall–Kier alpha value is -0.760. The molecule has 0 aromatic carbocycles. The minimum Gasteiger partial charge on any atom is -0.464 e. The van der Waals surface area contributed by atoms with Crippen molar-refractivity contribution in [3.05, 3.63) is 23.7 Å². The van der Waals surface area contributed by atoms with Gasteiger partial charge in [-0.15, -0.1) is 0 Å². The van der Waals surface area contributed by atoms with E-state index in [1.807, 2.05) is 0 Å². The van der Waals surface area contributed by atoms with Crippen LogP contribution in [0.3, 0.4) is 0 Å². The first-order valence-electron chi connectivity index (χ1n) is 8.56. The maximum absolute atomic E-state index is 5.98. The van der Waals surface area contributed by atoms with Crippen LogP contribution < -0.4 is 5.32 Å². The van der Waals surface area contributed by atoms with Crippen LogP contribution in [-0.2, 0) is 6.54 Å². The van der Waals surface area contributed by atoms with Crippen molar-refractivity contribution in [2.45, 2.75) is 77.3 Å². The Morgan fingerprint density at radius 1 is 1.20 bits per heavy atom. The van der Waals surface area contributed by atoms with Crippen LogP contribution in [0.2, 0.25) is 0 Å². The summed E-state index contributed by atoms with van der Waals surface area (Å²) < 4.78 is 5.98. The van der Waals surface area contributed by atoms with Gasteiger partial charge in [-0.05, 0) is 50.2 Å². The lowest BCUT2D eigenvalue weighted by Gasteiger charge is -2.23. The van der Waals surface area contributed by atoms with Gasteiger partial charge in [-0.1, -0.05) is 32.6 Å². The maximum atomic E-state index is 5.98. The molecule has 0 radical (unpaired) electrons. The van der Waals surface area contributed by atoms with E-state index in [4.69, 9.17) is 4.42 Å². The van der Waals surface area contributed by atoms with E-state index < -0.39 is 0 Å². The van der Waals surface area contributed by atoms with E-state index >= 15 is 0 Å². The molecule has 20 heavy (non-hydrogen) atoms. The smallest absolute Gasteiger partial charge is 0.117 e. The Morgan fingerprint density at radius 2 is 1.90 bits per heavy atom. The van der Waals surface area contributed by atoms with E-state index in [-0.39, 0.29) is 0 Å². The second kappa shape index (κ2) is 6.34. The van der Waals surface area contributed by atoms with Gasteiger partial charge in [0.1, 0.15) is 11.5 Å². The molecule has 3 rings (SSSR count). The number of nitrogens with one attached hydrogen (secondary N) is 1. The van der Waals surface area contributed by atoms with Crippen molar-refractivity contribution in [1.82, 2.24) is 5.32 Å². The van der Waals surface area contributed by atoms with Crippen LogP contribution in [-0.4, -0.2) is 6.04 Å². The van der Waals surface area contributed by atoms with Gasteiger partial charge in [0.05, 0.1) is 6.54 Å². The normalized spacial score (nSPS) is 29.1. The highest BCUT2D eigenvalue weighted by Crippen LogP contribution is 2.47. The summed E-state index contributed by atoms with van der Waals surface area (Å²) in [5.74, 6) is 4.70. The Morgan fingerprint density at radius 3 is 2.55 bits per heavy atom. The minimum absolute atomic E-state index is 0.612. The Balaban J connectivity index is 1.47. The zero-order valence-electron chi connectivity index (χ0n) is 13.0. The predicted molar refractivity (Wildman–Crippen MR) is 82.7 cm³/mol. The molecule has 2 saturated carbocycles. The van der Waals surface area contributed by atoms with Crippen LogP contribution in [0.1, 0.15) is 76.2 Å². The van der Waals surface area contributed by atoms with Crippen LogP contribution in [0.25, 0.3) is 0 Å². The molecule has 0 aliphatic heterocycles. The zero-order valence-corrected chi connectivity index (χ0v) is 13.0. The number of hydrogen-bond donors (Lipinski definition) is 1. The summed E-state index contributed by atoms with van der Waals surface area (Å²) in [6.45, 7) is 5.54. The highest BCUT2D eigenvalue weighted by molar-refractivity contribution is 5.17. The Bertz CT molecular complexity index is 417. The largest absolute Gasteiger partial charge is 0.464 e. The molecule has 3 atom stereocenters. The van der Waals surface area contributed by atoms with Gasteiger partial charge in [0.15, 0.2) is 0 Å². The average Bonchev–Trinajstić information content (AvgIpc) is 3.09. The van der Waals surface area contributed by atoms with Gasteiger partial charge in [-0.25, -0.2) is 0 Å². The first-order valence-corrected chi connectivity index (χ1v) is 8.56. The fourth-order valence-electron chi connectivity index (χ4n) is 3.65. The second-order valence-electron chi connectivity index (χ2n) is 7.04. The molecule has 112 valence electrons. The number of furan rings is 1. The van der Waals surface area contributed by atoms with Crippen LogP contribution in [0.4, 0.5) is 0 Å². The van der Waals surface area contributed by atoms with Crippen molar-refractivity contribution >= 4 is 0 Å². The maximum Gasteiger partial charge on any atom is 0.117 e. The molecule has 1 aromatic rings. The third kappa shape index (κ3) is 3.46. The standard InChI is InChI=1S/C18H29NO/c1-13-11-17(13)18-10-9-16(20-18)12-19-14(2)15-7-5-3-4-6-8-15/h9-10,13-15,17,19H,3-8,11-12H2,1-2H3/t13?,14-,17?/m0/s1. The van der Waals surface area contributed by atoms with Crippen molar-refractivity contribution < 1.29 is 4.42 Å². The third-order valence-electron chi connectivity index (χ3n) is 5.36. The number of rotatable bonds is 5. The first kappa shape index (κ1) is 14.2. The molecule has 1 heterocycles. The summed E-state index contributed by atoms with van der Waals surface area (Å²) in [7, 11) is 0. The Kier molecular flexibility index (Phi) is 4.50. The van der Waals surface area contributed by atoms with Gasteiger partial charge in [-0.2, -0.15) is 0 Å². The molecule has 2 aliphatic rings. The van der Waals surface area contributed by atoms with Crippen LogP contribution in [0.5, 0.6) is 0 Å². The quantitative estimate of drug-likeness (QED) is 0.777. The van der Waals surface area contributed by atoms with Crippen molar-refractivity contribution in [2.75, 3.05) is 0 Å². The van der Waals surface area contributed by atoms with Gasteiger partial charge in [0.2, 0.25) is 0 Å². The molecule has 0 saturated heterocycles. The summed E-state index contributed by atoms with van der Waals surface area (Å²) in [6.07, 6.45) is 9.81. The van der Waals surface area contributed by atoms with Gasteiger partial charge < -0.3 is 9.73 Å². The average molecular weight is 275 g/mol. The molecule has 1 aromatic heterocycles. The van der Waals surface area contributed by atoms with Crippen LogP contribution >= 0.6 is 0 Å².